The van der Waals surface area contributed by atoms with Gasteiger partial charge in [0.1, 0.15) is 0 Å². The van der Waals surface area contributed by atoms with Gasteiger partial charge in [-0.05, 0) is 61.7 Å². The van der Waals surface area contributed by atoms with Gasteiger partial charge in [-0.3, -0.25) is 4.79 Å². The lowest BCUT2D eigenvalue weighted by molar-refractivity contribution is 0.0793. The van der Waals surface area contributed by atoms with Gasteiger partial charge in [0.15, 0.2) is 11.5 Å². The number of hydrogen-bond donors (Lipinski definition) is 0. The minimum atomic E-state index is 0.158. The molecule has 1 heterocycles. The number of methoxy groups -OCH3 is 2. The number of likely N-dealkylation sites (N-methyl/N-ethyl adjacent to an activating group) is 1. The average Bonchev–Trinajstić information content (AvgIpc) is 3.27. The van der Waals surface area contributed by atoms with E-state index in [1.807, 2.05) is 29.2 Å². The maximum absolute atomic E-state index is 12.4. The number of likely N-dealkylation sites (tertiary alicyclic amines) is 1. The van der Waals surface area contributed by atoms with Crippen molar-refractivity contribution in [2.24, 2.45) is 0 Å². The van der Waals surface area contributed by atoms with Crippen molar-refractivity contribution in [2.75, 3.05) is 40.9 Å². The standard InChI is InChI=1S/C23H30N2O3/c1-24(15-12-18-8-11-21(27-2)22(16-18)28-3)17-19-6-9-20(10-7-19)23(26)25-13-4-5-14-25/h6-11,16H,4-5,12-15,17H2,1-3H3. The summed E-state index contributed by atoms with van der Waals surface area (Å²) in [5.74, 6) is 1.68. The summed E-state index contributed by atoms with van der Waals surface area (Å²) in [5, 5.41) is 0. The highest BCUT2D eigenvalue weighted by atomic mass is 16.5. The zero-order valence-corrected chi connectivity index (χ0v) is 17.1. The van der Waals surface area contributed by atoms with Crippen LogP contribution < -0.4 is 9.47 Å². The Kier molecular flexibility index (Phi) is 6.93. The van der Waals surface area contributed by atoms with E-state index in [2.05, 4.69) is 30.1 Å². The van der Waals surface area contributed by atoms with E-state index in [1.165, 1.54) is 11.1 Å². The summed E-state index contributed by atoms with van der Waals surface area (Å²) in [4.78, 5) is 16.7. The van der Waals surface area contributed by atoms with Gasteiger partial charge in [0.05, 0.1) is 14.2 Å². The number of carbonyl (C=O) groups excluding carboxylic acids is 1. The van der Waals surface area contributed by atoms with Crippen LogP contribution in [0.4, 0.5) is 0 Å². The summed E-state index contributed by atoms with van der Waals surface area (Å²) in [7, 11) is 5.42. The molecule has 28 heavy (non-hydrogen) atoms. The van der Waals surface area contributed by atoms with Crippen LogP contribution in [0.1, 0.15) is 34.3 Å². The van der Waals surface area contributed by atoms with Gasteiger partial charge in [-0.15, -0.1) is 0 Å². The molecule has 0 bridgehead atoms. The maximum atomic E-state index is 12.4. The lowest BCUT2D eigenvalue weighted by atomic mass is 10.1. The van der Waals surface area contributed by atoms with Crippen LogP contribution in [0.15, 0.2) is 42.5 Å². The minimum Gasteiger partial charge on any atom is -0.493 e. The van der Waals surface area contributed by atoms with Crippen LogP contribution in [0.2, 0.25) is 0 Å². The Morgan fingerprint density at radius 2 is 1.61 bits per heavy atom. The van der Waals surface area contributed by atoms with E-state index in [9.17, 15) is 4.79 Å². The number of ether oxygens (including phenoxy) is 2. The number of hydrogen-bond acceptors (Lipinski definition) is 4. The number of amides is 1. The molecule has 1 fully saturated rings. The van der Waals surface area contributed by atoms with Crippen molar-refractivity contribution in [3.8, 4) is 11.5 Å². The van der Waals surface area contributed by atoms with Gasteiger partial charge >= 0.3 is 0 Å². The van der Waals surface area contributed by atoms with E-state index < -0.39 is 0 Å². The molecule has 150 valence electrons. The van der Waals surface area contributed by atoms with Crippen molar-refractivity contribution in [2.45, 2.75) is 25.8 Å². The summed E-state index contributed by atoms with van der Waals surface area (Å²) in [6.07, 6.45) is 3.17. The topological polar surface area (TPSA) is 42.0 Å². The zero-order chi connectivity index (χ0) is 19.9. The Morgan fingerprint density at radius 3 is 2.25 bits per heavy atom. The zero-order valence-electron chi connectivity index (χ0n) is 17.1. The predicted octanol–water partition coefficient (Wildman–Crippen LogP) is 3.61. The fourth-order valence-corrected chi connectivity index (χ4v) is 3.60. The molecule has 0 aromatic heterocycles. The van der Waals surface area contributed by atoms with E-state index in [1.54, 1.807) is 14.2 Å². The molecule has 2 aromatic carbocycles. The van der Waals surface area contributed by atoms with Gasteiger partial charge in [-0.25, -0.2) is 0 Å². The smallest absolute Gasteiger partial charge is 0.253 e. The lowest BCUT2D eigenvalue weighted by Gasteiger charge is -2.18. The highest BCUT2D eigenvalue weighted by Gasteiger charge is 2.19. The molecule has 3 rings (SSSR count). The van der Waals surface area contributed by atoms with Crippen molar-refractivity contribution in [3.05, 3.63) is 59.2 Å². The molecule has 1 aliphatic heterocycles. The second-order valence-electron chi connectivity index (χ2n) is 7.37. The maximum Gasteiger partial charge on any atom is 0.253 e. The van der Waals surface area contributed by atoms with Crippen LogP contribution >= 0.6 is 0 Å². The van der Waals surface area contributed by atoms with Crippen molar-refractivity contribution in [3.63, 3.8) is 0 Å². The van der Waals surface area contributed by atoms with Gasteiger partial charge in [0, 0.05) is 31.7 Å². The third kappa shape index (κ3) is 5.04. The lowest BCUT2D eigenvalue weighted by Crippen LogP contribution is -2.27. The van der Waals surface area contributed by atoms with E-state index in [-0.39, 0.29) is 5.91 Å². The molecule has 1 amide bonds. The monoisotopic (exact) mass is 382 g/mol. The van der Waals surface area contributed by atoms with E-state index >= 15 is 0 Å². The molecule has 0 aliphatic carbocycles. The summed E-state index contributed by atoms with van der Waals surface area (Å²) in [5.41, 5.74) is 3.22. The molecule has 1 saturated heterocycles. The van der Waals surface area contributed by atoms with Gasteiger partial charge in [0.25, 0.3) is 5.91 Å². The molecule has 0 atom stereocenters. The van der Waals surface area contributed by atoms with Gasteiger partial charge in [0.2, 0.25) is 0 Å². The first-order valence-electron chi connectivity index (χ1n) is 9.88. The predicted molar refractivity (Wildman–Crippen MR) is 111 cm³/mol. The molecule has 5 heteroatoms. The molecule has 0 radical (unpaired) electrons. The van der Waals surface area contributed by atoms with Crippen LogP contribution in [0.25, 0.3) is 0 Å². The molecule has 2 aromatic rings. The van der Waals surface area contributed by atoms with Crippen LogP contribution in [0.5, 0.6) is 11.5 Å². The average molecular weight is 383 g/mol. The minimum absolute atomic E-state index is 0.158. The summed E-state index contributed by atoms with van der Waals surface area (Å²) in [6, 6.07) is 14.1. The van der Waals surface area contributed by atoms with E-state index in [4.69, 9.17) is 9.47 Å². The summed E-state index contributed by atoms with van der Waals surface area (Å²) < 4.78 is 10.7. The second kappa shape index (κ2) is 9.60. The largest absolute Gasteiger partial charge is 0.493 e. The Labute approximate surface area is 167 Å². The molecule has 0 unspecified atom stereocenters. The number of carbonyl (C=O) groups is 1. The van der Waals surface area contributed by atoms with Gasteiger partial charge in [-0.2, -0.15) is 0 Å². The Bertz CT molecular complexity index is 783. The van der Waals surface area contributed by atoms with Crippen LogP contribution in [0, 0.1) is 0 Å². The van der Waals surface area contributed by atoms with Crippen molar-refractivity contribution < 1.29 is 14.3 Å². The number of nitrogens with zero attached hydrogens (tertiary/aromatic N) is 2. The molecule has 0 saturated carbocycles. The van der Waals surface area contributed by atoms with Gasteiger partial charge < -0.3 is 19.3 Å². The number of benzene rings is 2. The first-order chi connectivity index (χ1) is 13.6. The quantitative estimate of drug-likeness (QED) is 0.699. The molecule has 0 N–H and O–H groups in total. The van der Waals surface area contributed by atoms with Gasteiger partial charge in [-0.1, -0.05) is 18.2 Å². The third-order valence-corrected chi connectivity index (χ3v) is 5.28. The molecule has 5 nitrogen and oxygen atoms in total. The van der Waals surface area contributed by atoms with Crippen LogP contribution in [-0.4, -0.2) is 56.6 Å². The van der Waals surface area contributed by atoms with Crippen molar-refractivity contribution in [1.82, 2.24) is 9.80 Å². The first kappa shape index (κ1) is 20.2. The molecular formula is C23H30N2O3. The summed E-state index contributed by atoms with van der Waals surface area (Å²) in [6.45, 7) is 3.56. The van der Waals surface area contributed by atoms with Crippen molar-refractivity contribution >= 4 is 5.91 Å². The Balaban J connectivity index is 1.52. The number of rotatable bonds is 8. The molecular weight excluding hydrogens is 352 g/mol. The van der Waals surface area contributed by atoms with Crippen LogP contribution in [0.3, 0.4) is 0 Å². The second-order valence-corrected chi connectivity index (χ2v) is 7.37. The third-order valence-electron chi connectivity index (χ3n) is 5.28. The normalized spacial score (nSPS) is 13.8. The highest BCUT2D eigenvalue weighted by molar-refractivity contribution is 5.94. The Morgan fingerprint density at radius 1 is 0.964 bits per heavy atom. The van der Waals surface area contributed by atoms with E-state index in [0.717, 1.165) is 62.5 Å². The fourth-order valence-electron chi connectivity index (χ4n) is 3.60. The van der Waals surface area contributed by atoms with Crippen molar-refractivity contribution in [1.29, 1.82) is 0 Å². The summed E-state index contributed by atoms with van der Waals surface area (Å²) >= 11 is 0. The van der Waals surface area contributed by atoms with Crippen LogP contribution in [-0.2, 0) is 13.0 Å². The SMILES string of the molecule is COc1ccc(CCN(C)Cc2ccc(C(=O)N3CCCC3)cc2)cc1OC. The first-order valence-corrected chi connectivity index (χ1v) is 9.88. The highest BCUT2D eigenvalue weighted by Crippen LogP contribution is 2.27. The fraction of sp³-hybridized carbons (Fsp3) is 0.435. The van der Waals surface area contributed by atoms with E-state index in [0.29, 0.717) is 0 Å². The molecule has 1 aliphatic rings. The Hall–Kier alpha value is -2.53. The molecule has 0 spiro atoms.